The van der Waals surface area contributed by atoms with Gasteiger partial charge >= 0.3 is 6.03 Å². The van der Waals surface area contributed by atoms with Crippen molar-refractivity contribution >= 4 is 6.03 Å². The number of benzene rings is 1. The predicted molar refractivity (Wildman–Crippen MR) is 96.2 cm³/mol. The summed E-state index contributed by atoms with van der Waals surface area (Å²) in [4.78, 5) is 18.9. The lowest BCUT2D eigenvalue weighted by atomic mass is 10.1. The minimum atomic E-state index is -0.0729. The molecule has 24 heavy (non-hydrogen) atoms. The van der Waals surface area contributed by atoms with Gasteiger partial charge in [0.25, 0.3) is 0 Å². The van der Waals surface area contributed by atoms with Crippen LogP contribution in [0.2, 0.25) is 0 Å². The van der Waals surface area contributed by atoms with E-state index in [2.05, 4.69) is 29.2 Å². The van der Waals surface area contributed by atoms with Crippen molar-refractivity contribution in [3.63, 3.8) is 0 Å². The number of nitrogens with zero attached hydrogens (tertiary/aromatic N) is 3. The van der Waals surface area contributed by atoms with Crippen LogP contribution in [0.3, 0.4) is 0 Å². The van der Waals surface area contributed by atoms with Gasteiger partial charge in [0.1, 0.15) is 5.75 Å². The molecule has 1 aliphatic rings. The Morgan fingerprint density at radius 3 is 2.42 bits per heavy atom. The monoisotopic (exact) mass is 334 g/mol. The minimum absolute atomic E-state index is 0.0106. The van der Waals surface area contributed by atoms with Gasteiger partial charge in [-0.2, -0.15) is 0 Å². The molecule has 1 heterocycles. The van der Waals surface area contributed by atoms with Crippen molar-refractivity contribution in [1.82, 2.24) is 20.0 Å². The van der Waals surface area contributed by atoms with Gasteiger partial charge in [0.05, 0.1) is 6.04 Å². The van der Waals surface area contributed by atoms with E-state index in [0.717, 1.165) is 51.3 Å². The molecule has 0 saturated carbocycles. The summed E-state index contributed by atoms with van der Waals surface area (Å²) in [5.74, 6) is 0.239. The molecule has 1 aromatic rings. The van der Waals surface area contributed by atoms with E-state index >= 15 is 0 Å². The number of carbonyl (C=O) groups excluding carboxylic acids is 1. The second-order valence-corrected chi connectivity index (χ2v) is 6.75. The zero-order chi connectivity index (χ0) is 17.5. The molecule has 1 saturated heterocycles. The third-order valence-corrected chi connectivity index (χ3v) is 4.47. The molecule has 1 atom stereocenters. The molecule has 2 N–H and O–H groups in total. The molecule has 1 fully saturated rings. The third kappa shape index (κ3) is 5.69. The highest BCUT2D eigenvalue weighted by atomic mass is 16.3. The Hall–Kier alpha value is -1.79. The molecule has 0 bridgehead atoms. The van der Waals surface area contributed by atoms with Crippen molar-refractivity contribution in [2.45, 2.75) is 19.4 Å². The van der Waals surface area contributed by atoms with E-state index in [1.807, 2.05) is 24.0 Å². The average Bonchev–Trinajstić information content (AvgIpc) is 2.55. The maximum absolute atomic E-state index is 12.4. The first-order chi connectivity index (χ1) is 11.5. The Labute approximate surface area is 145 Å². The molecule has 2 rings (SSSR count). The maximum Gasteiger partial charge on any atom is 0.317 e. The van der Waals surface area contributed by atoms with Gasteiger partial charge in [-0.25, -0.2) is 4.79 Å². The number of urea groups is 1. The largest absolute Gasteiger partial charge is 0.508 e. The van der Waals surface area contributed by atoms with Crippen molar-refractivity contribution in [3.8, 4) is 5.75 Å². The van der Waals surface area contributed by atoms with Crippen LogP contribution in [0.25, 0.3) is 0 Å². The zero-order valence-corrected chi connectivity index (χ0v) is 15.0. The Morgan fingerprint density at radius 1 is 1.21 bits per heavy atom. The highest BCUT2D eigenvalue weighted by Gasteiger charge is 2.22. The number of phenolic OH excluding ortho intramolecular Hbond substituents is 1. The van der Waals surface area contributed by atoms with Gasteiger partial charge in [-0.05, 0) is 58.2 Å². The van der Waals surface area contributed by atoms with E-state index in [0.29, 0.717) is 0 Å². The molecule has 0 aromatic heterocycles. The van der Waals surface area contributed by atoms with Crippen LogP contribution in [0.4, 0.5) is 4.79 Å². The van der Waals surface area contributed by atoms with E-state index in [1.54, 1.807) is 12.1 Å². The van der Waals surface area contributed by atoms with Gasteiger partial charge in [0.2, 0.25) is 0 Å². The Balaban J connectivity index is 1.73. The van der Waals surface area contributed by atoms with E-state index in [1.165, 1.54) is 0 Å². The first-order valence-corrected chi connectivity index (χ1v) is 8.67. The standard InChI is InChI=1S/C18H30N4O2/c1-15(16-5-7-17(23)8-6-16)19-18(24)22-13-11-21(12-14-22)10-4-9-20(2)3/h5-8,15,23H,4,9-14H2,1-3H3,(H,19,24). The summed E-state index contributed by atoms with van der Waals surface area (Å²) in [5.41, 5.74) is 0.989. The molecular formula is C18H30N4O2. The van der Waals surface area contributed by atoms with E-state index in [-0.39, 0.29) is 17.8 Å². The summed E-state index contributed by atoms with van der Waals surface area (Å²) in [7, 11) is 4.19. The fraction of sp³-hybridized carbons (Fsp3) is 0.611. The molecule has 1 aliphatic heterocycles. The second-order valence-electron chi connectivity index (χ2n) is 6.75. The van der Waals surface area contributed by atoms with Crippen molar-refractivity contribution in [2.24, 2.45) is 0 Å². The van der Waals surface area contributed by atoms with Gasteiger partial charge in [-0.1, -0.05) is 12.1 Å². The molecular weight excluding hydrogens is 304 g/mol. The van der Waals surface area contributed by atoms with Crippen molar-refractivity contribution in [1.29, 1.82) is 0 Å². The summed E-state index contributed by atoms with van der Waals surface area (Å²) in [6, 6.07) is 6.88. The van der Waals surface area contributed by atoms with Crippen LogP contribution >= 0.6 is 0 Å². The summed E-state index contributed by atoms with van der Waals surface area (Å²) >= 11 is 0. The number of phenols is 1. The number of hydrogen-bond acceptors (Lipinski definition) is 4. The van der Waals surface area contributed by atoms with Crippen LogP contribution in [-0.4, -0.2) is 79.2 Å². The number of carbonyl (C=O) groups is 1. The average molecular weight is 334 g/mol. The topological polar surface area (TPSA) is 59.1 Å². The summed E-state index contributed by atoms with van der Waals surface area (Å²) < 4.78 is 0. The van der Waals surface area contributed by atoms with Crippen LogP contribution in [0.1, 0.15) is 24.9 Å². The van der Waals surface area contributed by atoms with E-state index in [4.69, 9.17) is 0 Å². The highest BCUT2D eigenvalue weighted by molar-refractivity contribution is 5.74. The third-order valence-electron chi connectivity index (χ3n) is 4.47. The predicted octanol–water partition coefficient (Wildman–Crippen LogP) is 1.73. The fourth-order valence-corrected chi connectivity index (χ4v) is 2.91. The fourth-order valence-electron chi connectivity index (χ4n) is 2.91. The normalized spacial score (nSPS) is 17.1. The molecule has 1 unspecified atom stereocenters. The molecule has 134 valence electrons. The number of aromatic hydroxyl groups is 1. The number of hydrogen-bond donors (Lipinski definition) is 2. The molecule has 6 nitrogen and oxygen atoms in total. The van der Waals surface area contributed by atoms with E-state index < -0.39 is 0 Å². The summed E-state index contributed by atoms with van der Waals surface area (Å²) in [6.07, 6.45) is 1.16. The molecule has 1 aromatic carbocycles. The Bertz CT molecular complexity index is 510. The van der Waals surface area contributed by atoms with Gasteiger partial charge in [0, 0.05) is 26.2 Å². The number of piperazine rings is 1. The van der Waals surface area contributed by atoms with Gasteiger partial charge in [-0.3, -0.25) is 4.90 Å². The smallest absolute Gasteiger partial charge is 0.317 e. The first-order valence-electron chi connectivity index (χ1n) is 8.67. The van der Waals surface area contributed by atoms with Crippen LogP contribution in [0.5, 0.6) is 5.75 Å². The molecule has 2 amide bonds. The van der Waals surface area contributed by atoms with Crippen LogP contribution in [0.15, 0.2) is 24.3 Å². The van der Waals surface area contributed by atoms with Gasteiger partial charge < -0.3 is 20.2 Å². The number of rotatable bonds is 6. The summed E-state index contributed by atoms with van der Waals surface area (Å²) in [5, 5.41) is 12.4. The van der Waals surface area contributed by atoms with Gasteiger partial charge in [0.15, 0.2) is 0 Å². The summed E-state index contributed by atoms with van der Waals surface area (Å²) in [6.45, 7) is 7.58. The highest BCUT2D eigenvalue weighted by Crippen LogP contribution is 2.16. The van der Waals surface area contributed by atoms with Crippen molar-refractivity contribution < 1.29 is 9.90 Å². The maximum atomic E-state index is 12.4. The number of nitrogens with one attached hydrogen (secondary N) is 1. The van der Waals surface area contributed by atoms with Crippen LogP contribution in [0, 0.1) is 0 Å². The molecule has 0 aliphatic carbocycles. The molecule has 0 spiro atoms. The zero-order valence-electron chi connectivity index (χ0n) is 15.0. The molecule has 0 radical (unpaired) electrons. The van der Waals surface area contributed by atoms with E-state index in [9.17, 15) is 9.90 Å². The second kappa shape index (κ2) is 8.89. The Kier molecular flexibility index (Phi) is 6.87. The van der Waals surface area contributed by atoms with Crippen LogP contribution in [-0.2, 0) is 0 Å². The number of amides is 2. The quantitative estimate of drug-likeness (QED) is 0.832. The minimum Gasteiger partial charge on any atom is -0.508 e. The van der Waals surface area contributed by atoms with Crippen LogP contribution < -0.4 is 5.32 Å². The SMILES string of the molecule is CC(NC(=O)N1CCN(CCCN(C)C)CC1)c1ccc(O)cc1. The van der Waals surface area contributed by atoms with Crippen molar-refractivity contribution in [3.05, 3.63) is 29.8 Å². The Morgan fingerprint density at radius 2 is 1.83 bits per heavy atom. The molecule has 6 heteroatoms. The van der Waals surface area contributed by atoms with Gasteiger partial charge in [-0.15, -0.1) is 0 Å². The first kappa shape index (κ1) is 18.5. The lowest BCUT2D eigenvalue weighted by Crippen LogP contribution is -2.52. The lowest BCUT2D eigenvalue weighted by molar-refractivity contribution is 0.135. The van der Waals surface area contributed by atoms with Crippen molar-refractivity contribution in [2.75, 3.05) is 53.4 Å². The lowest BCUT2D eigenvalue weighted by Gasteiger charge is -2.35.